The highest BCUT2D eigenvalue weighted by atomic mass is 35.5. The molecule has 4 nitrogen and oxygen atoms in total. The minimum atomic E-state index is 0.235. The van der Waals surface area contributed by atoms with Crippen LogP contribution < -0.4 is 4.74 Å². The van der Waals surface area contributed by atoms with Gasteiger partial charge in [-0.1, -0.05) is 41.4 Å². The Morgan fingerprint density at radius 1 is 1.20 bits per heavy atom. The number of aryl methyl sites for hydroxylation is 1. The van der Waals surface area contributed by atoms with Gasteiger partial charge in [-0.15, -0.1) is 5.10 Å². The van der Waals surface area contributed by atoms with Gasteiger partial charge >= 0.3 is 0 Å². The summed E-state index contributed by atoms with van der Waals surface area (Å²) in [6.45, 7) is 7.17. The second-order valence-electron chi connectivity index (χ2n) is 5.79. The third-order valence-electron chi connectivity index (χ3n) is 4.35. The lowest BCUT2D eigenvalue weighted by Gasteiger charge is -2.11. The van der Waals surface area contributed by atoms with Crippen LogP contribution in [-0.2, 0) is 13.2 Å². The molecule has 0 bridgehead atoms. The highest BCUT2D eigenvalue weighted by Gasteiger charge is 2.17. The van der Waals surface area contributed by atoms with Crippen molar-refractivity contribution in [2.24, 2.45) is 0 Å². The summed E-state index contributed by atoms with van der Waals surface area (Å²) < 4.78 is 8.15. The SMILES string of the molecule is CC=CCn1c(C)c(C)c2cnnc(OCc3c(Cl)cccc3Cl)c21. The average molecular weight is 376 g/mol. The molecule has 0 radical (unpaired) electrons. The molecule has 2 aromatic heterocycles. The Balaban J connectivity index is 2.03. The fourth-order valence-corrected chi connectivity index (χ4v) is 3.32. The zero-order valence-electron chi connectivity index (χ0n) is 14.4. The molecule has 1 aromatic carbocycles. The van der Waals surface area contributed by atoms with Crippen molar-refractivity contribution in [2.45, 2.75) is 33.9 Å². The summed E-state index contributed by atoms with van der Waals surface area (Å²) in [5, 5.41) is 10.5. The minimum absolute atomic E-state index is 0.235. The van der Waals surface area contributed by atoms with Gasteiger partial charge in [-0.25, -0.2) is 0 Å². The molecule has 25 heavy (non-hydrogen) atoms. The van der Waals surface area contributed by atoms with Gasteiger partial charge in [0.15, 0.2) is 0 Å². The zero-order chi connectivity index (χ0) is 18.0. The summed E-state index contributed by atoms with van der Waals surface area (Å²) in [7, 11) is 0. The van der Waals surface area contributed by atoms with Gasteiger partial charge in [0.25, 0.3) is 5.88 Å². The summed E-state index contributed by atoms with van der Waals surface area (Å²) in [5.41, 5.74) is 4.02. The third kappa shape index (κ3) is 3.37. The van der Waals surface area contributed by atoms with E-state index in [1.165, 1.54) is 11.3 Å². The normalized spacial score (nSPS) is 11.6. The molecule has 0 atom stereocenters. The molecule has 0 aliphatic heterocycles. The number of nitrogens with zero attached hydrogens (tertiary/aromatic N) is 3. The summed E-state index contributed by atoms with van der Waals surface area (Å²) >= 11 is 12.5. The van der Waals surface area contributed by atoms with Gasteiger partial charge in [0.1, 0.15) is 12.1 Å². The lowest BCUT2D eigenvalue weighted by atomic mass is 10.2. The molecule has 2 heterocycles. The van der Waals surface area contributed by atoms with Crippen LogP contribution in [0.3, 0.4) is 0 Å². The van der Waals surface area contributed by atoms with E-state index >= 15 is 0 Å². The first-order chi connectivity index (χ1) is 12.0. The van der Waals surface area contributed by atoms with E-state index in [4.69, 9.17) is 27.9 Å². The Hall–Kier alpha value is -2.04. The molecule has 0 unspecified atom stereocenters. The second kappa shape index (κ2) is 7.46. The Bertz CT molecular complexity index is 927. The molecule has 3 aromatic rings. The maximum absolute atomic E-state index is 6.23. The topological polar surface area (TPSA) is 39.9 Å². The van der Waals surface area contributed by atoms with Crippen molar-refractivity contribution >= 4 is 34.1 Å². The first kappa shape index (κ1) is 17.8. The van der Waals surface area contributed by atoms with Crippen LogP contribution in [0.25, 0.3) is 10.9 Å². The predicted octanol–water partition coefficient (Wildman–Crippen LogP) is 5.51. The molecule has 0 amide bonds. The summed E-state index contributed by atoms with van der Waals surface area (Å²) in [4.78, 5) is 0. The van der Waals surface area contributed by atoms with E-state index in [2.05, 4.69) is 34.7 Å². The lowest BCUT2D eigenvalue weighted by molar-refractivity contribution is 0.293. The highest BCUT2D eigenvalue weighted by molar-refractivity contribution is 6.35. The van der Waals surface area contributed by atoms with Crippen LogP contribution in [0.4, 0.5) is 0 Å². The number of fused-ring (bicyclic) bond motifs is 1. The number of hydrogen-bond acceptors (Lipinski definition) is 3. The Kier molecular flexibility index (Phi) is 5.30. The van der Waals surface area contributed by atoms with Crippen molar-refractivity contribution in [3.63, 3.8) is 0 Å². The van der Waals surface area contributed by atoms with Gasteiger partial charge < -0.3 is 9.30 Å². The summed E-state index contributed by atoms with van der Waals surface area (Å²) in [6.07, 6.45) is 5.90. The van der Waals surface area contributed by atoms with Crippen molar-refractivity contribution in [2.75, 3.05) is 0 Å². The van der Waals surface area contributed by atoms with Gasteiger partial charge in [-0.2, -0.15) is 5.10 Å². The minimum Gasteiger partial charge on any atom is -0.470 e. The zero-order valence-corrected chi connectivity index (χ0v) is 15.9. The molecule has 0 fully saturated rings. The van der Waals surface area contributed by atoms with E-state index in [1.54, 1.807) is 18.3 Å². The summed E-state index contributed by atoms with van der Waals surface area (Å²) in [5.74, 6) is 0.481. The number of allylic oxidation sites excluding steroid dienone is 2. The Labute approximate surface area is 157 Å². The van der Waals surface area contributed by atoms with E-state index in [1.807, 2.05) is 19.1 Å². The van der Waals surface area contributed by atoms with E-state index in [0.29, 0.717) is 15.9 Å². The molecular weight excluding hydrogens is 357 g/mol. The van der Waals surface area contributed by atoms with Crippen molar-refractivity contribution in [1.29, 1.82) is 0 Å². The van der Waals surface area contributed by atoms with Crippen LogP contribution in [0.1, 0.15) is 23.7 Å². The number of halogens is 2. The molecule has 130 valence electrons. The van der Waals surface area contributed by atoms with Gasteiger partial charge in [0, 0.05) is 33.2 Å². The molecule has 3 rings (SSSR count). The van der Waals surface area contributed by atoms with Crippen molar-refractivity contribution in [1.82, 2.24) is 14.8 Å². The first-order valence-corrected chi connectivity index (χ1v) is 8.78. The maximum atomic E-state index is 6.23. The molecule has 0 aliphatic rings. The maximum Gasteiger partial charge on any atom is 0.258 e. The van der Waals surface area contributed by atoms with Crippen LogP contribution in [0.15, 0.2) is 36.5 Å². The fraction of sp³-hybridized carbons (Fsp3) is 0.263. The number of benzene rings is 1. The number of hydrogen-bond donors (Lipinski definition) is 0. The predicted molar refractivity (Wildman–Crippen MR) is 103 cm³/mol. The van der Waals surface area contributed by atoms with E-state index in [9.17, 15) is 0 Å². The monoisotopic (exact) mass is 375 g/mol. The van der Waals surface area contributed by atoms with E-state index in [-0.39, 0.29) is 6.61 Å². The van der Waals surface area contributed by atoms with Crippen LogP contribution in [0.2, 0.25) is 10.0 Å². The second-order valence-corrected chi connectivity index (χ2v) is 6.61. The molecule has 6 heteroatoms. The van der Waals surface area contributed by atoms with Gasteiger partial charge in [0.2, 0.25) is 0 Å². The first-order valence-electron chi connectivity index (χ1n) is 8.02. The molecular formula is C19H19Cl2N3O. The number of aromatic nitrogens is 3. The molecule has 0 spiro atoms. The average Bonchev–Trinajstić information content (AvgIpc) is 2.84. The quantitative estimate of drug-likeness (QED) is 0.551. The molecule has 0 saturated carbocycles. The smallest absolute Gasteiger partial charge is 0.258 e. The van der Waals surface area contributed by atoms with Crippen molar-refractivity contribution < 1.29 is 4.74 Å². The van der Waals surface area contributed by atoms with Crippen molar-refractivity contribution in [3.05, 3.63) is 63.4 Å². The standard InChI is InChI=1S/C19H19Cl2N3O/c1-4-5-9-24-13(3)12(2)14-10-22-23-19(18(14)24)25-11-15-16(20)7-6-8-17(15)21/h4-8,10H,9,11H2,1-3H3. The van der Waals surface area contributed by atoms with Crippen LogP contribution in [0.5, 0.6) is 5.88 Å². The molecule has 0 aliphatic carbocycles. The highest BCUT2D eigenvalue weighted by Crippen LogP contribution is 2.32. The van der Waals surface area contributed by atoms with Crippen LogP contribution >= 0.6 is 23.2 Å². The molecule has 0 saturated heterocycles. The van der Waals surface area contributed by atoms with Gasteiger partial charge in [-0.05, 0) is 38.5 Å². The summed E-state index contributed by atoms with van der Waals surface area (Å²) in [6, 6.07) is 5.40. The number of ether oxygens (including phenoxy) is 1. The van der Waals surface area contributed by atoms with Crippen LogP contribution in [-0.4, -0.2) is 14.8 Å². The number of rotatable bonds is 5. The van der Waals surface area contributed by atoms with E-state index in [0.717, 1.165) is 23.0 Å². The Morgan fingerprint density at radius 2 is 1.92 bits per heavy atom. The van der Waals surface area contributed by atoms with Gasteiger partial charge in [0.05, 0.1) is 6.20 Å². The van der Waals surface area contributed by atoms with E-state index < -0.39 is 0 Å². The lowest BCUT2D eigenvalue weighted by Crippen LogP contribution is -2.04. The largest absolute Gasteiger partial charge is 0.470 e. The molecule has 0 N–H and O–H groups in total. The van der Waals surface area contributed by atoms with Crippen molar-refractivity contribution in [3.8, 4) is 5.88 Å². The van der Waals surface area contributed by atoms with Gasteiger partial charge in [-0.3, -0.25) is 0 Å². The third-order valence-corrected chi connectivity index (χ3v) is 5.06. The van der Waals surface area contributed by atoms with Crippen LogP contribution in [0, 0.1) is 13.8 Å². The Morgan fingerprint density at radius 3 is 2.60 bits per heavy atom. The fourth-order valence-electron chi connectivity index (χ4n) is 2.81.